The minimum Gasteiger partial charge on any atom is -0.375 e. The van der Waals surface area contributed by atoms with E-state index in [0.29, 0.717) is 11.8 Å². The minimum absolute atomic E-state index is 0.123. The lowest BCUT2D eigenvalue weighted by molar-refractivity contribution is -0.0767. The summed E-state index contributed by atoms with van der Waals surface area (Å²) in [6, 6.07) is 2.53. The molecule has 1 saturated carbocycles. The molecule has 6 nitrogen and oxygen atoms in total. The maximum Gasteiger partial charge on any atom is 0.254 e. The van der Waals surface area contributed by atoms with Crippen molar-refractivity contribution in [2.75, 3.05) is 11.9 Å². The Balaban J connectivity index is 1.58. The van der Waals surface area contributed by atoms with E-state index in [1.54, 1.807) is 10.8 Å². The Morgan fingerprint density at radius 2 is 2.27 bits per heavy atom. The maximum absolute atomic E-state index is 6.12. The number of ether oxygens (including phenoxy) is 1. The first-order valence-electron chi connectivity index (χ1n) is 8.38. The van der Waals surface area contributed by atoms with Crippen LogP contribution in [0.4, 0.5) is 5.82 Å². The summed E-state index contributed by atoms with van der Waals surface area (Å²) in [6.45, 7) is 2.96. The zero-order valence-corrected chi connectivity index (χ0v) is 13.1. The van der Waals surface area contributed by atoms with Gasteiger partial charge in [0.1, 0.15) is 12.1 Å². The first-order valence-corrected chi connectivity index (χ1v) is 8.38. The third kappa shape index (κ3) is 2.45. The second-order valence-electron chi connectivity index (χ2n) is 6.53. The molecule has 2 fully saturated rings. The normalized spacial score (nSPS) is 24.1. The van der Waals surface area contributed by atoms with Crippen molar-refractivity contribution in [3.05, 3.63) is 18.1 Å². The van der Waals surface area contributed by atoms with Crippen LogP contribution >= 0.6 is 0 Å². The molecule has 2 aliphatic rings. The van der Waals surface area contributed by atoms with E-state index in [1.807, 2.05) is 0 Å². The van der Waals surface area contributed by atoms with E-state index in [1.165, 1.54) is 25.7 Å². The third-order valence-electron chi connectivity index (χ3n) is 5.03. The molecule has 0 bridgehead atoms. The van der Waals surface area contributed by atoms with Crippen LogP contribution in [0.1, 0.15) is 51.1 Å². The van der Waals surface area contributed by atoms with Crippen molar-refractivity contribution in [1.29, 1.82) is 0 Å². The largest absolute Gasteiger partial charge is 0.375 e. The Morgan fingerprint density at radius 1 is 1.41 bits per heavy atom. The zero-order valence-electron chi connectivity index (χ0n) is 13.1. The number of nitrogens with one attached hydrogen (secondary N) is 1. The molecule has 2 aromatic heterocycles. The second kappa shape index (κ2) is 5.50. The molecule has 0 amide bonds. The molecule has 6 heteroatoms. The van der Waals surface area contributed by atoms with Crippen LogP contribution in [0.15, 0.2) is 12.4 Å². The summed E-state index contributed by atoms with van der Waals surface area (Å²) in [5.41, 5.74) is 1.17. The number of rotatable bonds is 3. The molecule has 1 saturated heterocycles. The van der Waals surface area contributed by atoms with Crippen molar-refractivity contribution in [3.8, 4) is 0 Å². The number of aryl methyl sites for hydroxylation is 1. The molecule has 0 radical (unpaired) electrons. The SMILES string of the molecule is CCc1cc(NC2CCOC3(CCCC3)C2)n2ncnc2n1. The maximum atomic E-state index is 6.12. The number of fused-ring (bicyclic) bond motifs is 1. The Hall–Kier alpha value is -1.69. The topological polar surface area (TPSA) is 64.3 Å². The molecule has 1 N–H and O–H groups in total. The summed E-state index contributed by atoms with van der Waals surface area (Å²) in [5.74, 6) is 1.67. The molecule has 1 atom stereocenters. The van der Waals surface area contributed by atoms with Gasteiger partial charge in [-0.25, -0.2) is 4.98 Å². The lowest BCUT2D eigenvalue weighted by Crippen LogP contribution is -2.42. The zero-order chi connectivity index (χ0) is 15.0. The van der Waals surface area contributed by atoms with E-state index >= 15 is 0 Å². The van der Waals surface area contributed by atoms with E-state index in [2.05, 4.69) is 33.4 Å². The van der Waals surface area contributed by atoms with E-state index in [9.17, 15) is 0 Å². The van der Waals surface area contributed by atoms with Gasteiger partial charge in [0.15, 0.2) is 0 Å². The van der Waals surface area contributed by atoms with Crippen LogP contribution in [0, 0.1) is 0 Å². The minimum atomic E-state index is 0.123. The average molecular weight is 301 g/mol. The summed E-state index contributed by atoms with van der Waals surface area (Å²) in [5, 5.41) is 7.97. The van der Waals surface area contributed by atoms with Crippen LogP contribution in [-0.4, -0.2) is 37.8 Å². The fourth-order valence-electron chi connectivity index (χ4n) is 3.87. The van der Waals surface area contributed by atoms with Gasteiger partial charge >= 0.3 is 0 Å². The third-order valence-corrected chi connectivity index (χ3v) is 5.03. The molecule has 1 unspecified atom stereocenters. The second-order valence-corrected chi connectivity index (χ2v) is 6.53. The molecular weight excluding hydrogens is 278 g/mol. The number of hydrogen-bond donors (Lipinski definition) is 1. The van der Waals surface area contributed by atoms with Crippen molar-refractivity contribution >= 4 is 11.6 Å². The molecule has 4 rings (SSSR count). The number of nitrogens with zero attached hydrogens (tertiary/aromatic N) is 4. The molecule has 0 aromatic carbocycles. The summed E-state index contributed by atoms with van der Waals surface area (Å²) in [4.78, 5) is 8.73. The highest BCUT2D eigenvalue weighted by atomic mass is 16.5. The molecule has 118 valence electrons. The van der Waals surface area contributed by atoms with Crippen molar-refractivity contribution in [3.63, 3.8) is 0 Å². The van der Waals surface area contributed by atoms with Crippen LogP contribution in [0.3, 0.4) is 0 Å². The van der Waals surface area contributed by atoms with Crippen molar-refractivity contribution in [2.45, 2.75) is 63.5 Å². The fraction of sp³-hybridized carbons (Fsp3) is 0.688. The van der Waals surface area contributed by atoms with Crippen LogP contribution in [0.5, 0.6) is 0 Å². The highest BCUT2D eigenvalue weighted by Gasteiger charge is 2.40. The first kappa shape index (κ1) is 13.9. The van der Waals surface area contributed by atoms with Gasteiger partial charge in [-0.15, -0.1) is 0 Å². The summed E-state index contributed by atoms with van der Waals surface area (Å²) >= 11 is 0. The van der Waals surface area contributed by atoms with Gasteiger partial charge in [0.05, 0.1) is 5.60 Å². The van der Waals surface area contributed by atoms with Crippen LogP contribution < -0.4 is 5.32 Å². The van der Waals surface area contributed by atoms with E-state index in [4.69, 9.17) is 4.74 Å². The molecule has 2 aromatic rings. The summed E-state index contributed by atoms with van der Waals surface area (Å²) in [6.07, 6.45) is 9.62. The summed E-state index contributed by atoms with van der Waals surface area (Å²) in [7, 11) is 0. The van der Waals surface area contributed by atoms with Crippen molar-refractivity contribution in [1.82, 2.24) is 19.6 Å². The fourth-order valence-corrected chi connectivity index (χ4v) is 3.87. The van der Waals surface area contributed by atoms with Gasteiger partial charge in [-0.2, -0.15) is 14.6 Å². The molecule has 3 heterocycles. The Bertz CT molecular complexity index is 662. The molecule has 22 heavy (non-hydrogen) atoms. The van der Waals surface area contributed by atoms with Gasteiger partial charge < -0.3 is 10.1 Å². The Labute approximate surface area is 130 Å². The van der Waals surface area contributed by atoms with Gasteiger partial charge in [-0.3, -0.25) is 0 Å². The van der Waals surface area contributed by atoms with Crippen molar-refractivity contribution in [2.24, 2.45) is 0 Å². The molecule has 1 spiro atoms. The molecule has 1 aliphatic heterocycles. The predicted octanol–water partition coefficient (Wildman–Crippen LogP) is 2.59. The molecular formula is C16H23N5O. The van der Waals surface area contributed by atoms with E-state index in [0.717, 1.165) is 37.4 Å². The Morgan fingerprint density at radius 3 is 3.09 bits per heavy atom. The van der Waals surface area contributed by atoms with Crippen LogP contribution in [0.25, 0.3) is 5.78 Å². The average Bonchev–Trinajstić information content (AvgIpc) is 3.17. The van der Waals surface area contributed by atoms with Gasteiger partial charge in [-0.1, -0.05) is 19.8 Å². The summed E-state index contributed by atoms with van der Waals surface area (Å²) < 4.78 is 7.93. The predicted molar refractivity (Wildman–Crippen MR) is 84.0 cm³/mol. The van der Waals surface area contributed by atoms with E-state index < -0.39 is 0 Å². The van der Waals surface area contributed by atoms with Gasteiger partial charge in [0.2, 0.25) is 0 Å². The monoisotopic (exact) mass is 301 g/mol. The standard InChI is InChI=1S/C16H23N5O/c1-2-12-9-14(21-15(20-12)17-11-18-21)19-13-5-8-22-16(10-13)6-3-4-7-16/h9,11,13,19H,2-8,10H2,1H3. The van der Waals surface area contributed by atoms with Gasteiger partial charge in [0, 0.05) is 24.4 Å². The van der Waals surface area contributed by atoms with Gasteiger partial charge in [0.25, 0.3) is 5.78 Å². The smallest absolute Gasteiger partial charge is 0.254 e. The van der Waals surface area contributed by atoms with Gasteiger partial charge in [-0.05, 0) is 32.1 Å². The lowest BCUT2D eigenvalue weighted by Gasteiger charge is -2.38. The highest BCUT2D eigenvalue weighted by molar-refractivity contribution is 5.45. The van der Waals surface area contributed by atoms with E-state index in [-0.39, 0.29) is 5.60 Å². The first-order chi connectivity index (χ1) is 10.8. The molecule has 1 aliphatic carbocycles. The highest BCUT2D eigenvalue weighted by Crippen LogP contribution is 2.40. The number of aromatic nitrogens is 4. The Kier molecular flexibility index (Phi) is 3.48. The van der Waals surface area contributed by atoms with Crippen LogP contribution in [0.2, 0.25) is 0 Å². The quantitative estimate of drug-likeness (QED) is 0.944. The number of anilines is 1. The van der Waals surface area contributed by atoms with Crippen LogP contribution in [-0.2, 0) is 11.2 Å². The van der Waals surface area contributed by atoms with Crippen molar-refractivity contribution < 1.29 is 4.74 Å². The lowest BCUT2D eigenvalue weighted by atomic mass is 9.89. The number of hydrogen-bond acceptors (Lipinski definition) is 5.